The first-order valence-electron chi connectivity index (χ1n) is 7.37. The molecule has 0 atom stereocenters. The molecule has 0 aliphatic heterocycles. The first kappa shape index (κ1) is 15.3. The van der Waals surface area contributed by atoms with Crippen molar-refractivity contribution < 1.29 is 9.53 Å². The molecule has 21 heavy (non-hydrogen) atoms. The molecule has 1 heterocycles. The number of carbonyl (C=O) groups is 1. The van der Waals surface area contributed by atoms with E-state index in [-0.39, 0.29) is 5.78 Å². The predicted molar refractivity (Wildman–Crippen MR) is 82.5 cm³/mol. The number of Topliss-reactive ketones (excluding diaryl/α,β-unsaturated/α-hetero) is 1. The van der Waals surface area contributed by atoms with Crippen LogP contribution in [0.3, 0.4) is 0 Å². The van der Waals surface area contributed by atoms with Gasteiger partial charge in [-0.05, 0) is 30.5 Å². The molecule has 0 saturated carbocycles. The zero-order valence-corrected chi connectivity index (χ0v) is 12.7. The number of benzene rings is 1. The minimum Gasteiger partial charge on any atom is -0.497 e. The van der Waals surface area contributed by atoms with Gasteiger partial charge < -0.3 is 9.30 Å². The molecule has 112 valence electrons. The van der Waals surface area contributed by atoms with Crippen molar-refractivity contribution in [2.45, 2.75) is 39.2 Å². The van der Waals surface area contributed by atoms with E-state index in [4.69, 9.17) is 4.74 Å². The fourth-order valence-electron chi connectivity index (χ4n) is 2.29. The third-order valence-electron chi connectivity index (χ3n) is 3.47. The number of ketones is 1. The van der Waals surface area contributed by atoms with Crippen molar-refractivity contribution in [3.05, 3.63) is 48.0 Å². The van der Waals surface area contributed by atoms with Crippen LogP contribution in [0, 0.1) is 0 Å². The molecule has 2 aromatic rings. The zero-order chi connectivity index (χ0) is 15.1. The first-order valence-corrected chi connectivity index (χ1v) is 7.37. The number of carbonyl (C=O) groups excluding carboxylic acids is 1. The molecule has 0 amide bonds. The number of nitrogens with zero attached hydrogens (tertiary/aromatic N) is 2. The molecule has 0 aliphatic rings. The summed E-state index contributed by atoms with van der Waals surface area (Å²) in [6.45, 7) is 3.04. The summed E-state index contributed by atoms with van der Waals surface area (Å²) in [7, 11) is 1.65. The lowest BCUT2D eigenvalue weighted by Crippen LogP contribution is -2.10. The summed E-state index contributed by atoms with van der Waals surface area (Å²) >= 11 is 0. The second-order valence-corrected chi connectivity index (χ2v) is 5.10. The van der Waals surface area contributed by atoms with Crippen LogP contribution in [0.5, 0.6) is 5.75 Å². The second-order valence-electron chi connectivity index (χ2n) is 5.10. The molecule has 0 aliphatic carbocycles. The van der Waals surface area contributed by atoms with Crippen LogP contribution in [0.25, 0.3) is 0 Å². The van der Waals surface area contributed by atoms with Gasteiger partial charge in [0.1, 0.15) is 17.4 Å². The summed E-state index contributed by atoms with van der Waals surface area (Å²) in [6.07, 6.45) is 6.48. The van der Waals surface area contributed by atoms with Crippen LogP contribution in [0.4, 0.5) is 0 Å². The molecular weight excluding hydrogens is 264 g/mol. The Morgan fingerprint density at radius 2 is 2.05 bits per heavy atom. The average Bonchev–Trinajstić information content (AvgIpc) is 2.93. The minimum absolute atomic E-state index is 0.231. The number of aryl methyl sites for hydroxylation is 2. The van der Waals surface area contributed by atoms with Gasteiger partial charge in [0.05, 0.1) is 13.5 Å². The SMILES string of the molecule is CCCn1ccnc1CC(=O)CCc1ccc(OC)cc1. The third kappa shape index (κ3) is 4.45. The van der Waals surface area contributed by atoms with Gasteiger partial charge in [-0.2, -0.15) is 0 Å². The van der Waals surface area contributed by atoms with E-state index in [1.807, 2.05) is 30.5 Å². The van der Waals surface area contributed by atoms with E-state index in [1.54, 1.807) is 13.3 Å². The van der Waals surface area contributed by atoms with Crippen molar-refractivity contribution in [1.82, 2.24) is 9.55 Å². The van der Waals surface area contributed by atoms with Crippen LogP contribution < -0.4 is 4.74 Å². The lowest BCUT2D eigenvalue weighted by Gasteiger charge is -2.06. The van der Waals surface area contributed by atoms with E-state index < -0.39 is 0 Å². The summed E-state index contributed by atoms with van der Waals surface area (Å²) in [5.74, 6) is 1.94. The van der Waals surface area contributed by atoms with Crippen molar-refractivity contribution in [2.24, 2.45) is 0 Å². The summed E-state index contributed by atoms with van der Waals surface area (Å²) in [6, 6.07) is 7.86. The molecule has 0 fully saturated rings. The lowest BCUT2D eigenvalue weighted by atomic mass is 10.1. The summed E-state index contributed by atoms with van der Waals surface area (Å²) in [4.78, 5) is 16.4. The molecule has 2 rings (SSSR count). The Hall–Kier alpha value is -2.10. The van der Waals surface area contributed by atoms with E-state index in [0.717, 1.165) is 36.5 Å². The monoisotopic (exact) mass is 286 g/mol. The van der Waals surface area contributed by atoms with E-state index in [2.05, 4.69) is 16.5 Å². The van der Waals surface area contributed by atoms with Crippen molar-refractivity contribution in [3.63, 3.8) is 0 Å². The Bertz CT molecular complexity index is 573. The van der Waals surface area contributed by atoms with Gasteiger partial charge in [0.15, 0.2) is 0 Å². The highest BCUT2D eigenvalue weighted by molar-refractivity contribution is 5.80. The van der Waals surface area contributed by atoms with E-state index in [9.17, 15) is 4.79 Å². The van der Waals surface area contributed by atoms with Gasteiger partial charge in [0, 0.05) is 25.4 Å². The molecule has 0 spiro atoms. The lowest BCUT2D eigenvalue weighted by molar-refractivity contribution is -0.118. The van der Waals surface area contributed by atoms with Crippen LogP contribution in [0.15, 0.2) is 36.7 Å². The molecule has 4 heteroatoms. The number of hydrogen-bond donors (Lipinski definition) is 0. The van der Waals surface area contributed by atoms with Gasteiger partial charge in [-0.15, -0.1) is 0 Å². The zero-order valence-electron chi connectivity index (χ0n) is 12.7. The number of methoxy groups -OCH3 is 1. The van der Waals surface area contributed by atoms with Crippen LogP contribution in [-0.2, 0) is 24.2 Å². The predicted octanol–water partition coefficient (Wildman–Crippen LogP) is 3.05. The number of aromatic nitrogens is 2. The Kier molecular flexibility index (Phi) is 5.55. The number of ether oxygens (including phenoxy) is 1. The Balaban J connectivity index is 1.85. The number of rotatable bonds is 8. The molecule has 0 saturated heterocycles. The van der Waals surface area contributed by atoms with Crippen molar-refractivity contribution in [1.29, 1.82) is 0 Å². The van der Waals surface area contributed by atoms with Crippen LogP contribution in [0.2, 0.25) is 0 Å². The van der Waals surface area contributed by atoms with Crippen LogP contribution in [-0.4, -0.2) is 22.4 Å². The summed E-state index contributed by atoms with van der Waals surface area (Å²) in [5, 5.41) is 0. The van der Waals surface area contributed by atoms with Crippen molar-refractivity contribution in [3.8, 4) is 5.75 Å². The number of imidazole rings is 1. The standard InChI is InChI=1S/C17H22N2O2/c1-3-11-19-12-10-18-17(19)13-15(20)7-4-14-5-8-16(21-2)9-6-14/h5-6,8-10,12H,3-4,7,11,13H2,1-2H3. The Morgan fingerprint density at radius 3 is 2.71 bits per heavy atom. The van der Waals surface area contributed by atoms with Gasteiger partial charge in [-0.25, -0.2) is 4.98 Å². The van der Waals surface area contributed by atoms with Gasteiger partial charge in [0.25, 0.3) is 0 Å². The second kappa shape index (κ2) is 7.62. The maximum absolute atomic E-state index is 12.1. The number of hydrogen-bond acceptors (Lipinski definition) is 3. The molecule has 0 bridgehead atoms. The smallest absolute Gasteiger partial charge is 0.140 e. The van der Waals surface area contributed by atoms with Crippen LogP contribution in [0.1, 0.15) is 31.2 Å². The van der Waals surface area contributed by atoms with Gasteiger partial charge >= 0.3 is 0 Å². The maximum atomic E-state index is 12.1. The highest BCUT2D eigenvalue weighted by atomic mass is 16.5. The quantitative estimate of drug-likeness (QED) is 0.749. The molecule has 1 aromatic carbocycles. The fourth-order valence-corrected chi connectivity index (χ4v) is 2.29. The minimum atomic E-state index is 0.231. The topological polar surface area (TPSA) is 44.1 Å². The van der Waals surface area contributed by atoms with E-state index in [0.29, 0.717) is 12.8 Å². The van der Waals surface area contributed by atoms with E-state index >= 15 is 0 Å². The molecule has 4 nitrogen and oxygen atoms in total. The molecule has 0 radical (unpaired) electrons. The Morgan fingerprint density at radius 1 is 1.29 bits per heavy atom. The molecule has 0 unspecified atom stereocenters. The summed E-state index contributed by atoms with van der Waals surface area (Å²) < 4.78 is 7.18. The molecule has 0 N–H and O–H groups in total. The molecular formula is C17H22N2O2. The maximum Gasteiger partial charge on any atom is 0.140 e. The largest absolute Gasteiger partial charge is 0.497 e. The van der Waals surface area contributed by atoms with E-state index in [1.165, 1.54) is 0 Å². The normalized spacial score (nSPS) is 10.6. The van der Waals surface area contributed by atoms with Gasteiger partial charge in [-0.3, -0.25) is 4.79 Å². The van der Waals surface area contributed by atoms with Crippen molar-refractivity contribution >= 4 is 5.78 Å². The third-order valence-corrected chi connectivity index (χ3v) is 3.47. The Labute approximate surface area is 125 Å². The molecule has 1 aromatic heterocycles. The fraction of sp³-hybridized carbons (Fsp3) is 0.412. The van der Waals surface area contributed by atoms with Crippen molar-refractivity contribution in [2.75, 3.05) is 7.11 Å². The van der Waals surface area contributed by atoms with Gasteiger partial charge in [0.2, 0.25) is 0 Å². The van der Waals surface area contributed by atoms with Crippen LogP contribution >= 0.6 is 0 Å². The average molecular weight is 286 g/mol. The van der Waals surface area contributed by atoms with Gasteiger partial charge in [-0.1, -0.05) is 19.1 Å². The summed E-state index contributed by atoms with van der Waals surface area (Å²) in [5.41, 5.74) is 1.15. The highest BCUT2D eigenvalue weighted by Gasteiger charge is 2.09. The first-order chi connectivity index (χ1) is 10.2. The highest BCUT2D eigenvalue weighted by Crippen LogP contribution is 2.13.